The summed E-state index contributed by atoms with van der Waals surface area (Å²) in [6.45, 7) is 8.20. The summed E-state index contributed by atoms with van der Waals surface area (Å²) in [6.07, 6.45) is 2.94. The molecule has 2 heteroatoms. The van der Waals surface area contributed by atoms with Gasteiger partial charge in [-0.3, -0.25) is 0 Å². The summed E-state index contributed by atoms with van der Waals surface area (Å²) in [6, 6.07) is 0. The van der Waals surface area contributed by atoms with E-state index in [9.17, 15) is 5.11 Å². The van der Waals surface area contributed by atoms with Crippen LogP contribution in [0.3, 0.4) is 0 Å². The standard InChI is InChI=1S/C15H22O2/c1-11(7-8-16)5-6-14-12(2)9-13(17)10-15(14,3)4/h7,13,16-17H,8-10H2,1-4H3/b11-7+. The highest BCUT2D eigenvalue weighted by molar-refractivity contribution is 5.44. The lowest BCUT2D eigenvalue weighted by Crippen LogP contribution is -2.28. The van der Waals surface area contributed by atoms with Crippen molar-refractivity contribution in [3.05, 3.63) is 22.8 Å². The van der Waals surface area contributed by atoms with Crippen LogP contribution in [0.5, 0.6) is 0 Å². The van der Waals surface area contributed by atoms with Gasteiger partial charge in [0.05, 0.1) is 12.7 Å². The molecule has 0 aliphatic heterocycles. The Labute approximate surface area is 104 Å². The molecule has 0 aromatic heterocycles. The molecule has 0 aromatic carbocycles. The molecular formula is C15H22O2. The number of aliphatic hydroxyl groups excluding tert-OH is 2. The summed E-state index contributed by atoms with van der Waals surface area (Å²) >= 11 is 0. The number of hydrogen-bond acceptors (Lipinski definition) is 2. The Morgan fingerprint density at radius 1 is 1.53 bits per heavy atom. The molecule has 0 bridgehead atoms. The number of aliphatic hydroxyl groups is 2. The van der Waals surface area contributed by atoms with Crippen LogP contribution < -0.4 is 0 Å². The summed E-state index contributed by atoms with van der Waals surface area (Å²) in [5.41, 5.74) is 3.13. The summed E-state index contributed by atoms with van der Waals surface area (Å²) in [5, 5.41) is 18.5. The third-order valence-electron chi connectivity index (χ3n) is 3.17. The third-order valence-corrected chi connectivity index (χ3v) is 3.17. The number of hydrogen-bond donors (Lipinski definition) is 2. The van der Waals surface area contributed by atoms with Gasteiger partial charge >= 0.3 is 0 Å². The quantitative estimate of drug-likeness (QED) is 0.684. The van der Waals surface area contributed by atoms with E-state index in [0.29, 0.717) is 0 Å². The maximum absolute atomic E-state index is 9.77. The summed E-state index contributed by atoms with van der Waals surface area (Å²) < 4.78 is 0. The molecule has 17 heavy (non-hydrogen) atoms. The van der Waals surface area contributed by atoms with Crippen LogP contribution in [0.4, 0.5) is 0 Å². The Morgan fingerprint density at radius 3 is 2.71 bits per heavy atom. The van der Waals surface area contributed by atoms with E-state index in [1.165, 1.54) is 5.57 Å². The van der Waals surface area contributed by atoms with Gasteiger partial charge in [0.1, 0.15) is 0 Å². The molecule has 1 rings (SSSR count). The van der Waals surface area contributed by atoms with Crippen LogP contribution in [0.15, 0.2) is 22.8 Å². The van der Waals surface area contributed by atoms with Gasteiger partial charge in [0.2, 0.25) is 0 Å². The Hall–Kier alpha value is -1.04. The van der Waals surface area contributed by atoms with Crippen molar-refractivity contribution < 1.29 is 10.2 Å². The van der Waals surface area contributed by atoms with E-state index in [1.54, 1.807) is 6.08 Å². The molecule has 0 radical (unpaired) electrons. The molecule has 1 aliphatic rings. The van der Waals surface area contributed by atoms with Crippen molar-refractivity contribution in [1.82, 2.24) is 0 Å². The van der Waals surface area contributed by atoms with Gasteiger partial charge in [-0.2, -0.15) is 0 Å². The number of allylic oxidation sites excluding steroid dienone is 2. The van der Waals surface area contributed by atoms with Gasteiger partial charge in [-0.05, 0) is 38.3 Å². The predicted molar refractivity (Wildman–Crippen MR) is 70.3 cm³/mol. The van der Waals surface area contributed by atoms with Crippen molar-refractivity contribution in [2.45, 2.75) is 46.6 Å². The van der Waals surface area contributed by atoms with Crippen LogP contribution in [-0.2, 0) is 0 Å². The Bertz CT molecular complexity index is 402. The molecule has 0 spiro atoms. The van der Waals surface area contributed by atoms with E-state index < -0.39 is 0 Å². The summed E-state index contributed by atoms with van der Waals surface area (Å²) in [4.78, 5) is 0. The van der Waals surface area contributed by atoms with Crippen LogP contribution in [0.25, 0.3) is 0 Å². The maximum Gasteiger partial charge on any atom is 0.0624 e. The molecule has 0 saturated carbocycles. The van der Waals surface area contributed by atoms with Crippen LogP contribution in [0.1, 0.15) is 40.5 Å². The predicted octanol–water partition coefficient (Wildman–Crippen LogP) is 2.43. The van der Waals surface area contributed by atoms with E-state index in [0.717, 1.165) is 24.0 Å². The highest BCUT2D eigenvalue weighted by Crippen LogP contribution is 2.39. The summed E-state index contributed by atoms with van der Waals surface area (Å²) in [7, 11) is 0. The van der Waals surface area contributed by atoms with Gasteiger partial charge in [0.25, 0.3) is 0 Å². The molecule has 0 amide bonds. The van der Waals surface area contributed by atoms with Gasteiger partial charge in [-0.15, -0.1) is 0 Å². The van der Waals surface area contributed by atoms with Crippen molar-refractivity contribution in [2.75, 3.05) is 6.61 Å². The second-order valence-electron chi connectivity index (χ2n) is 5.42. The smallest absolute Gasteiger partial charge is 0.0624 e. The van der Waals surface area contributed by atoms with Crippen LogP contribution in [0, 0.1) is 17.3 Å². The Morgan fingerprint density at radius 2 is 2.18 bits per heavy atom. The minimum Gasteiger partial charge on any atom is -0.393 e. The lowest BCUT2D eigenvalue weighted by molar-refractivity contribution is 0.117. The minimum absolute atomic E-state index is 0.0284. The molecule has 0 saturated heterocycles. The normalized spacial score (nSPS) is 24.4. The van der Waals surface area contributed by atoms with Crippen molar-refractivity contribution >= 4 is 0 Å². The van der Waals surface area contributed by atoms with Crippen molar-refractivity contribution in [2.24, 2.45) is 5.41 Å². The average molecular weight is 234 g/mol. The van der Waals surface area contributed by atoms with Crippen LogP contribution >= 0.6 is 0 Å². The van der Waals surface area contributed by atoms with Gasteiger partial charge < -0.3 is 10.2 Å². The molecule has 2 nitrogen and oxygen atoms in total. The Balaban J connectivity index is 3.03. The van der Waals surface area contributed by atoms with Gasteiger partial charge in [-0.25, -0.2) is 0 Å². The first-order valence-electron chi connectivity index (χ1n) is 6.04. The molecule has 0 fully saturated rings. The van der Waals surface area contributed by atoms with Crippen molar-refractivity contribution in [3.63, 3.8) is 0 Å². The zero-order valence-corrected chi connectivity index (χ0v) is 11.2. The largest absolute Gasteiger partial charge is 0.393 e. The van der Waals surface area contributed by atoms with E-state index in [-0.39, 0.29) is 18.1 Å². The first-order valence-corrected chi connectivity index (χ1v) is 6.04. The fraction of sp³-hybridized carbons (Fsp3) is 0.600. The monoisotopic (exact) mass is 234 g/mol. The molecule has 2 N–H and O–H groups in total. The average Bonchev–Trinajstić information content (AvgIpc) is 2.14. The van der Waals surface area contributed by atoms with Crippen LogP contribution in [0.2, 0.25) is 0 Å². The molecule has 0 heterocycles. The van der Waals surface area contributed by atoms with E-state index in [4.69, 9.17) is 5.11 Å². The third kappa shape index (κ3) is 3.73. The van der Waals surface area contributed by atoms with Gasteiger partial charge in [0, 0.05) is 11.0 Å². The zero-order valence-electron chi connectivity index (χ0n) is 11.2. The molecule has 1 unspecified atom stereocenters. The van der Waals surface area contributed by atoms with Crippen LogP contribution in [-0.4, -0.2) is 22.9 Å². The van der Waals surface area contributed by atoms with E-state index in [2.05, 4.69) is 25.7 Å². The lowest BCUT2D eigenvalue weighted by Gasteiger charge is -2.34. The van der Waals surface area contributed by atoms with Crippen molar-refractivity contribution in [3.8, 4) is 11.8 Å². The fourth-order valence-corrected chi connectivity index (χ4v) is 2.42. The Kier molecular flexibility index (Phi) is 4.56. The molecule has 94 valence electrons. The molecule has 1 aliphatic carbocycles. The molecule has 0 aromatic rings. The first-order chi connectivity index (χ1) is 7.86. The topological polar surface area (TPSA) is 40.5 Å². The van der Waals surface area contributed by atoms with Gasteiger partial charge in [-0.1, -0.05) is 31.3 Å². The van der Waals surface area contributed by atoms with E-state index in [1.807, 2.05) is 13.8 Å². The zero-order chi connectivity index (χ0) is 13.1. The van der Waals surface area contributed by atoms with Crippen molar-refractivity contribution in [1.29, 1.82) is 0 Å². The maximum atomic E-state index is 9.77. The second kappa shape index (κ2) is 5.53. The lowest BCUT2D eigenvalue weighted by atomic mass is 9.72. The summed E-state index contributed by atoms with van der Waals surface area (Å²) in [5.74, 6) is 6.27. The SMILES string of the molecule is CC1=C(C#C/C(C)=C/CO)C(C)(C)CC(O)C1. The molecular weight excluding hydrogens is 212 g/mol. The van der Waals surface area contributed by atoms with E-state index >= 15 is 0 Å². The van der Waals surface area contributed by atoms with Gasteiger partial charge in [0.15, 0.2) is 0 Å². The minimum atomic E-state index is -0.246. The second-order valence-corrected chi connectivity index (χ2v) is 5.42. The number of rotatable bonds is 1. The fourth-order valence-electron chi connectivity index (χ4n) is 2.42. The first kappa shape index (κ1) is 14.0. The highest BCUT2D eigenvalue weighted by Gasteiger charge is 2.31. The molecule has 1 atom stereocenters. The highest BCUT2D eigenvalue weighted by atomic mass is 16.3.